The van der Waals surface area contributed by atoms with E-state index >= 15 is 0 Å². The molecule has 0 spiro atoms. The smallest absolute Gasteiger partial charge is 0.127 e. The van der Waals surface area contributed by atoms with Crippen LogP contribution in [0.1, 0.15) is 24.8 Å². The van der Waals surface area contributed by atoms with E-state index in [1.54, 1.807) is 12.1 Å². The number of nitrogens with one attached hydrogen (secondary N) is 1. The number of hydrogen-bond acceptors (Lipinski definition) is 1. The Labute approximate surface area is 105 Å². The summed E-state index contributed by atoms with van der Waals surface area (Å²) in [5, 5.41) is 3.90. The van der Waals surface area contributed by atoms with Crippen LogP contribution in [0, 0.1) is 5.82 Å². The van der Waals surface area contributed by atoms with Gasteiger partial charge in [0.2, 0.25) is 0 Å². The highest BCUT2D eigenvalue weighted by Crippen LogP contribution is 2.33. The quantitative estimate of drug-likeness (QED) is 0.815. The second-order valence-corrected chi connectivity index (χ2v) is 5.06. The summed E-state index contributed by atoms with van der Waals surface area (Å²) in [4.78, 5) is 0. The Hall–Kier alpha value is -0.310. The fraction of sp³-hybridized carbons (Fsp3) is 0.500. The predicted octanol–water partition coefficient (Wildman–Crippen LogP) is 3.73. The third-order valence-corrected chi connectivity index (χ3v) is 3.97. The van der Waals surface area contributed by atoms with Crippen LogP contribution in [0.2, 0.25) is 5.02 Å². The van der Waals surface area contributed by atoms with E-state index in [0.29, 0.717) is 23.0 Å². The molecule has 1 fully saturated rings. The molecule has 1 nitrogen and oxygen atoms in total. The molecular weight excluding hydrogens is 248 g/mol. The minimum atomic E-state index is -0.221. The lowest BCUT2D eigenvalue weighted by Crippen LogP contribution is -2.52. The number of rotatable bonds is 4. The van der Waals surface area contributed by atoms with Crippen LogP contribution in [0.3, 0.4) is 0 Å². The third kappa shape index (κ3) is 2.50. The maximum absolute atomic E-state index is 13.4. The summed E-state index contributed by atoms with van der Waals surface area (Å²) in [5.74, 6) is 0.357. The van der Waals surface area contributed by atoms with Crippen molar-refractivity contribution in [2.45, 2.75) is 31.3 Å². The summed E-state index contributed by atoms with van der Waals surface area (Å²) in [5.41, 5.74) is 0.611. The molecule has 1 aliphatic carbocycles. The molecule has 1 aromatic carbocycles. The highest BCUT2D eigenvalue weighted by Gasteiger charge is 2.35. The lowest BCUT2D eigenvalue weighted by atomic mass is 9.78. The monoisotopic (exact) mass is 261 g/mol. The molecule has 4 heteroatoms. The van der Waals surface area contributed by atoms with Gasteiger partial charge in [0.05, 0.1) is 0 Å². The first-order chi connectivity index (χ1) is 7.65. The number of halogens is 3. The van der Waals surface area contributed by atoms with Crippen molar-refractivity contribution in [3.05, 3.63) is 34.6 Å². The van der Waals surface area contributed by atoms with Crippen molar-refractivity contribution in [1.29, 1.82) is 0 Å². The summed E-state index contributed by atoms with van der Waals surface area (Å²) in [7, 11) is 0. The molecule has 0 heterocycles. The van der Waals surface area contributed by atoms with Gasteiger partial charge >= 0.3 is 0 Å². The Morgan fingerprint density at radius 1 is 1.38 bits per heavy atom. The highest BCUT2D eigenvalue weighted by molar-refractivity contribution is 6.30. The lowest BCUT2D eigenvalue weighted by molar-refractivity contribution is 0.210. The van der Waals surface area contributed by atoms with E-state index < -0.39 is 0 Å². The van der Waals surface area contributed by atoms with Gasteiger partial charge < -0.3 is 5.32 Å². The van der Waals surface area contributed by atoms with Crippen LogP contribution in [0.25, 0.3) is 0 Å². The summed E-state index contributed by atoms with van der Waals surface area (Å²) < 4.78 is 13.4. The number of alkyl halides is 1. The number of hydrogen-bond donors (Lipinski definition) is 1. The van der Waals surface area contributed by atoms with E-state index in [2.05, 4.69) is 5.32 Å². The molecule has 0 unspecified atom stereocenters. The van der Waals surface area contributed by atoms with Crippen LogP contribution in [0.4, 0.5) is 4.39 Å². The molecule has 1 aromatic rings. The molecule has 0 radical (unpaired) electrons. The van der Waals surface area contributed by atoms with E-state index in [1.165, 1.54) is 12.5 Å². The first kappa shape index (κ1) is 12.2. The van der Waals surface area contributed by atoms with E-state index in [1.807, 2.05) is 0 Å². The van der Waals surface area contributed by atoms with Gasteiger partial charge in [-0.3, -0.25) is 0 Å². The largest absolute Gasteiger partial charge is 0.306 e. The standard InChI is InChI=1S/C12H14Cl2FN/c13-8-12(4-1-5-12)16-7-9-6-10(14)2-3-11(9)15/h2-3,6,16H,1,4-5,7-8H2. The first-order valence-corrected chi connectivity index (χ1v) is 6.31. The molecule has 16 heavy (non-hydrogen) atoms. The van der Waals surface area contributed by atoms with Gasteiger partial charge in [-0.1, -0.05) is 11.6 Å². The molecule has 0 amide bonds. The minimum absolute atomic E-state index is 0.0102. The Kier molecular flexibility index (Phi) is 3.73. The molecule has 1 saturated carbocycles. The Balaban J connectivity index is 2.01. The van der Waals surface area contributed by atoms with Gasteiger partial charge in [-0.2, -0.15) is 0 Å². The zero-order valence-corrected chi connectivity index (χ0v) is 10.4. The molecule has 0 aromatic heterocycles. The summed E-state index contributed by atoms with van der Waals surface area (Å²) in [6.07, 6.45) is 3.33. The molecule has 0 atom stereocenters. The normalized spacial score (nSPS) is 18.2. The topological polar surface area (TPSA) is 12.0 Å². The van der Waals surface area contributed by atoms with Crippen molar-refractivity contribution in [3.63, 3.8) is 0 Å². The molecule has 2 rings (SSSR count). The summed E-state index contributed by atoms with van der Waals surface area (Å²) in [6, 6.07) is 4.61. The van der Waals surface area contributed by atoms with Crippen LogP contribution < -0.4 is 5.32 Å². The maximum Gasteiger partial charge on any atom is 0.127 e. The van der Waals surface area contributed by atoms with E-state index in [9.17, 15) is 4.39 Å². The van der Waals surface area contributed by atoms with Gasteiger partial charge in [0.15, 0.2) is 0 Å². The zero-order valence-electron chi connectivity index (χ0n) is 8.90. The van der Waals surface area contributed by atoms with Crippen molar-refractivity contribution in [2.75, 3.05) is 5.88 Å². The Morgan fingerprint density at radius 2 is 2.12 bits per heavy atom. The highest BCUT2D eigenvalue weighted by atomic mass is 35.5. The Bertz CT molecular complexity index is 372. The van der Waals surface area contributed by atoms with E-state index in [4.69, 9.17) is 23.2 Å². The molecule has 0 aliphatic heterocycles. The van der Waals surface area contributed by atoms with Crippen LogP contribution >= 0.6 is 23.2 Å². The Morgan fingerprint density at radius 3 is 2.69 bits per heavy atom. The van der Waals surface area contributed by atoms with Crippen molar-refractivity contribution < 1.29 is 4.39 Å². The fourth-order valence-electron chi connectivity index (χ4n) is 1.92. The van der Waals surface area contributed by atoms with Gasteiger partial charge in [-0.05, 0) is 37.5 Å². The second kappa shape index (κ2) is 4.91. The maximum atomic E-state index is 13.4. The van der Waals surface area contributed by atoms with Crippen molar-refractivity contribution in [1.82, 2.24) is 5.32 Å². The van der Waals surface area contributed by atoms with Gasteiger partial charge in [0, 0.05) is 28.5 Å². The van der Waals surface area contributed by atoms with Crippen LogP contribution in [-0.2, 0) is 6.54 Å². The minimum Gasteiger partial charge on any atom is -0.306 e. The van der Waals surface area contributed by atoms with Crippen molar-refractivity contribution >= 4 is 23.2 Å². The molecule has 0 saturated heterocycles. The second-order valence-electron chi connectivity index (χ2n) is 4.36. The third-order valence-electron chi connectivity index (χ3n) is 3.23. The van der Waals surface area contributed by atoms with Crippen molar-refractivity contribution in [3.8, 4) is 0 Å². The fourth-order valence-corrected chi connectivity index (χ4v) is 2.48. The lowest BCUT2D eigenvalue weighted by Gasteiger charge is -2.41. The first-order valence-electron chi connectivity index (χ1n) is 5.40. The van der Waals surface area contributed by atoms with Crippen LogP contribution in [0.5, 0.6) is 0 Å². The van der Waals surface area contributed by atoms with Gasteiger partial charge in [-0.25, -0.2) is 4.39 Å². The molecule has 1 N–H and O–H groups in total. The average Bonchev–Trinajstić information content (AvgIpc) is 2.22. The number of benzene rings is 1. The van der Waals surface area contributed by atoms with E-state index in [-0.39, 0.29) is 11.4 Å². The van der Waals surface area contributed by atoms with Gasteiger partial charge in [0.1, 0.15) is 5.82 Å². The molecular formula is C12H14Cl2FN. The zero-order chi connectivity index (χ0) is 11.6. The summed E-state index contributed by atoms with van der Waals surface area (Å²) in [6.45, 7) is 0.485. The van der Waals surface area contributed by atoms with Crippen LogP contribution in [0.15, 0.2) is 18.2 Å². The molecule has 88 valence electrons. The van der Waals surface area contributed by atoms with E-state index in [0.717, 1.165) is 12.8 Å². The van der Waals surface area contributed by atoms with Crippen LogP contribution in [-0.4, -0.2) is 11.4 Å². The van der Waals surface area contributed by atoms with Crippen molar-refractivity contribution in [2.24, 2.45) is 0 Å². The van der Waals surface area contributed by atoms with Gasteiger partial charge in [0.25, 0.3) is 0 Å². The summed E-state index contributed by atoms with van der Waals surface area (Å²) >= 11 is 11.7. The average molecular weight is 262 g/mol. The SMILES string of the molecule is Fc1ccc(Cl)cc1CNC1(CCl)CCC1. The molecule has 1 aliphatic rings. The predicted molar refractivity (Wildman–Crippen MR) is 65.6 cm³/mol. The molecule has 0 bridgehead atoms. The van der Waals surface area contributed by atoms with Gasteiger partial charge in [-0.15, -0.1) is 11.6 Å².